The quantitative estimate of drug-likeness (QED) is 0.832. The van der Waals surface area contributed by atoms with Gasteiger partial charge in [0, 0.05) is 18.7 Å². The van der Waals surface area contributed by atoms with Crippen LogP contribution in [0, 0.1) is 5.92 Å². The number of piperidine rings is 1. The molecule has 0 aliphatic carbocycles. The van der Waals surface area contributed by atoms with Crippen molar-refractivity contribution in [3.63, 3.8) is 0 Å². The molecule has 1 aliphatic heterocycles. The predicted molar refractivity (Wildman–Crippen MR) is 100.0 cm³/mol. The summed E-state index contributed by atoms with van der Waals surface area (Å²) in [6, 6.07) is 8.13. The molecule has 8 heteroatoms. The molecule has 0 saturated carbocycles. The first-order valence-electron chi connectivity index (χ1n) is 8.12. The van der Waals surface area contributed by atoms with Crippen molar-refractivity contribution in [1.29, 1.82) is 0 Å². The average Bonchev–Trinajstić information content (AvgIpc) is 3.18. The van der Waals surface area contributed by atoms with Crippen LogP contribution < -0.4 is 5.32 Å². The summed E-state index contributed by atoms with van der Waals surface area (Å²) in [6.45, 7) is 0.704. The number of amides is 2. The summed E-state index contributed by atoms with van der Waals surface area (Å²) < 4.78 is 0. The molecule has 1 aromatic heterocycles. The number of carbonyl (C=O) groups is 3. The van der Waals surface area contributed by atoms with Crippen molar-refractivity contribution in [3.8, 4) is 0 Å². The van der Waals surface area contributed by atoms with Crippen LogP contribution >= 0.6 is 22.9 Å². The van der Waals surface area contributed by atoms with Gasteiger partial charge in [0.25, 0.3) is 11.8 Å². The van der Waals surface area contributed by atoms with Crippen LogP contribution in [0.15, 0.2) is 35.7 Å². The molecule has 2 amide bonds. The Kier molecular flexibility index (Phi) is 5.58. The van der Waals surface area contributed by atoms with Crippen molar-refractivity contribution in [1.82, 2.24) is 4.90 Å². The molecule has 1 fully saturated rings. The number of hydrogen-bond donors (Lipinski definition) is 2. The number of likely N-dealkylation sites (tertiary alicyclic amines) is 1. The summed E-state index contributed by atoms with van der Waals surface area (Å²) in [6.07, 6.45) is 1.22. The van der Waals surface area contributed by atoms with E-state index in [0.29, 0.717) is 40.5 Å². The fourth-order valence-electron chi connectivity index (χ4n) is 2.89. The van der Waals surface area contributed by atoms with Gasteiger partial charge in [0.05, 0.1) is 21.5 Å². The molecular weight excluding hydrogens is 376 g/mol. The highest BCUT2D eigenvalue weighted by atomic mass is 35.5. The lowest BCUT2D eigenvalue weighted by molar-refractivity contribution is -0.143. The van der Waals surface area contributed by atoms with Crippen LogP contribution in [0.25, 0.3) is 0 Å². The smallest absolute Gasteiger partial charge is 0.308 e. The third-order valence-electron chi connectivity index (χ3n) is 4.26. The zero-order valence-corrected chi connectivity index (χ0v) is 15.3. The average molecular weight is 393 g/mol. The number of rotatable bonds is 4. The van der Waals surface area contributed by atoms with E-state index in [9.17, 15) is 19.5 Å². The molecule has 0 radical (unpaired) electrons. The molecule has 0 bridgehead atoms. The SMILES string of the molecule is O=C(Nc1cc(C(=O)N2CCC[C@H](C(=O)O)C2)ccc1Cl)c1cccs1. The van der Waals surface area contributed by atoms with Crippen molar-refractivity contribution in [2.45, 2.75) is 12.8 Å². The van der Waals surface area contributed by atoms with Crippen LogP contribution in [-0.4, -0.2) is 40.9 Å². The number of benzene rings is 1. The summed E-state index contributed by atoms with van der Waals surface area (Å²) >= 11 is 7.45. The van der Waals surface area contributed by atoms with Crippen LogP contribution in [0.5, 0.6) is 0 Å². The number of hydrogen-bond acceptors (Lipinski definition) is 4. The van der Waals surface area contributed by atoms with Crippen LogP contribution in [0.4, 0.5) is 5.69 Å². The van der Waals surface area contributed by atoms with Gasteiger partial charge in [-0.1, -0.05) is 17.7 Å². The molecule has 1 atom stereocenters. The molecular formula is C18H17ClN2O4S. The van der Waals surface area contributed by atoms with Crippen LogP contribution in [0.3, 0.4) is 0 Å². The Morgan fingerprint density at radius 2 is 2.08 bits per heavy atom. The summed E-state index contributed by atoms with van der Waals surface area (Å²) in [5, 5.41) is 14.0. The maximum absolute atomic E-state index is 12.7. The minimum atomic E-state index is -0.887. The Labute approximate surface area is 159 Å². The summed E-state index contributed by atoms with van der Waals surface area (Å²) in [4.78, 5) is 38.2. The van der Waals surface area contributed by atoms with Gasteiger partial charge >= 0.3 is 5.97 Å². The van der Waals surface area contributed by atoms with E-state index in [1.807, 2.05) is 0 Å². The third kappa shape index (κ3) is 4.05. The number of aliphatic carboxylic acids is 1. The normalized spacial score (nSPS) is 17.0. The monoisotopic (exact) mass is 392 g/mol. The molecule has 6 nitrogen and oxygen atoms in total. The van der Waals surface area contributed by atoms with Gasteiger partial charge < -0.3 is 15.3 Å². The van der Waals surface area contributed by atoms with E-state index < -0.39 is 11.9 Å². The van der Waals surface area contributed by atoms with Gasteiger partial charge in [-0.3, -0.25) is 14.4 Å². The van der Waals surface area contributed by atoms with Gasteiger partial charge in [0.2, 0.25) is 0 Å². The maximum Gasteiger partial charge on any atom is 0.308 e. The number of halogens is 1. The Morgan fingerprint density at radius 1 is 1.27 bits per heavy atom. The molecule has 1 aliphatic rings. The zero-order valence-electron chi connectivity index (χ0n) is 13.8. The highest BCUT2D eigenvalue weighted by Crippen LogP contribution is 2.26. The fourth-order valence-corrected chi connectivity index (χ4v) is 3.68. The van der Waals surface area contributed by atoms with Crippen LogP contribution in [0.2, 0.25) is 5.02 Å². The Balaban J connectivity index is 1.77. The molecule has 26 heavy (non-hydrogen) atoms. The number of nitrogens with one attached hydrogen (secondary N) is 1. The second kappa shape index (κ2) is 7.88. The number of carboxylic acids is 1. The minimum Gasteiger partial charge on any atom is -0.481 e. The summed E-state index contributed by atoms with van der Waals surface area (Å²) in [5.41, 5.74) is 0.713. The van der Waals surface area contributed by atoms with E-state index in [2.05, 4.69) is 5.32 Å². The van der Waals surface area contributed by atoms with Crippen molar-refractivity contribution < 1.29 is 19.5 Å². The van der Waals surface area contributed by atoms with Gasteiger partial charge in [-0.25, -0.2) is 0 Å². The fraction of sp³-hybridized carbons (Fsp3) is 0.278. The van der Waals surface area contributed by atoms with E-state index in [-0.39, 0.29) is 18.4 Å². The number of anilines is 1. The zero-order chi connectivity index (χ0) is 18.7. The number of thiophene rings is 1. The van der Waals surface area contributed by atoms with Crippen LogP contribution in [-0.2, 0) is 4.79 Å². The van der Waals surface area contributed by atoms with Gasteiger partial charge in [0.15, 0.2) is 0 Å². The van der Waals surface area contributed by atoms with Gasteiger partial charge in [-0.2, -0.15) is 0 Å². The van der Waals surface area contributed by atoms with Gasteiger partial charge in [-0.05, 0) is 42.5 Å². The van der Waals surface area contributed by atoms with Gasteiger partial charge in [0.1, 0.15) is 0 Å². The first-order chi connectivity index (χ1) is 12.5. The van der Waals surface area contributed by atoms with Crippen molar-refractivity contribution >= 4 is 46.4 Å². The molecule has 0 unspecified atom stereocenters. The number of carboxylic acid groups (broad SMARTS) is 1. The first kappa shape index (κ1) is 18.4. The van der Waals surface area contributed by atoms with Crippen molar-refractivity contribution in [2.75, 3.05) is 18.4 Å². The van der Waals surface area contributed by atoms with Gasteiger partial charge in [-0.15, -0.1) is 11.3 Å². The largest absolute Gasteiger partial charge is 0.481 e. The van der Waals surface area contributed by atoms with Crippen LogP contribution in [0.1, 0.15) is 32.9 Å². The Morgan fingerprint density at radius 3 is 2.77 bits per heavy atom. The molecule has 136 valence electrons. The molecule has 1 aromatic carbocycles. The summed E-state index contributed by atoms with van der Waals surface area (Å²) in [5.74, 6) is -1.99. The van der Waals surface area contributed by atoms with E-state index in [4.69, 9.17) is 11.6 Å². The lowest BCUT2D eigenvalue weighted by atomic mass is 9.97. The van der Waals surface area contributed by atoms with E-state index in [1.54, 1.807) is 29.6 Å². The Bertz CT molecular complexity index is 838. The molecule has 1 saturated heterocycles. The van der Waals surface area contributed by atoms with E-state index in [1.165, 1.54) is 22.3 Å². The molecule has 0 spiro atoms. The first-order valence-corrected chi connectivity index (χ1v) is 9.38. The highest BCUT2D eigenvalue weighted by molar-refractivity contribution is 7.12. The molecule has 2 heterocycles. The lowest BCUT2D eigenvalue weighted by Crippen LogP contribution is -2.42. The van der Waals surface area contributed by atoms with Crippen molar-refractivity contribution in [3.05, 3.63) is 51.2 Å². The standard InChI is InChI=1S/C18H17ClN2O4S/c19-13-6-5-11(9-14(13)20-16(22)15-4-2-8-26-15)17(23)21-7-1-3-12(10-21)18(24)25/h2,4-6,8-9,12H,1,3,7,10H2,(H,20,22)(H,24,25)/t12-/m0/s1. The summed E-state index contributed by atoms with van der Waals surface area (Å²) in [7, 11) is 0. The Hall–Kier alpha value is -2.38. The van der Waals surface area contributed by atoms with Crippen molar-refractivity contribution in [2.24, 2.45) is 5.92 Å². The second-order valence-electron chi connectivity index (χ2n) is 6.05. The second-order valence-corrected chi connectivity index (χ2v) is 7.41. The predicted octanol–water partition coefficient (Wildman–Crippen LogP) is 3.59. The third-order valence-corrected chi connectivity index (χ3v) is 5.46. The topological polar surface area (TPSA) is 86.7 Å². The number of nitrogens with zero attached hydrogens (tertiary/aromatic N) is 1. The number of carbonyl (C=O) groups excluding carboxylic acids is 2. The van der Waals surface area contributed by atoms with E-state index >= 15 is 0 Å². The van der Waals surface area contributed by atoms with E-state index in [0.717, 1.165) is 0 Å². The maximum atomic E-state index is 12.7. The molecule has 3 rings (SSSR count). The lowest BCUT2D eigenvalue weighted by Gasteiger charge is -2.30. The molecule has 2 N–H and O–H groups in total. The molecule has 2 aromatic rings. The minimum absolute atomic E-state index is 0.188. The highest BCUT2D eigenvalue weighted by Gasteiger charge is 2.29.